The second kappa shape index (κ2) is 4.55. The smallest absolute Gasteiger partial charge is 0.318 e. The van der Waals surface area contributed by atoms with Crippen LogP contribution in [0.2, 0.25) is 0 Å². The minimum atomic E-state index is -0.765. The molecular weight excluding hydrogens is 220 g/mol. The van der Waals surface area contributed by atoms with Crippen LogP contribution >= 0.6 is 0 Å². The van der Waals surface area contributed by atoms with Crippen molar-refractivity contribution in [3.8, 4) is 0 Å². The molecule has 5 heteroatoms. The molecule has 4 atom stereocenters. The number of carboxylic acid groups (broad SMARTS) is 1. The van der Waals surface area contributed by atoms with Crippen molar-refractivity contribution in [3.63, 3.8) is 0 Å². The Morgan fingerprint density at radius 2 is 2.18 bits per heavy atom. The summed E-state index contributed by atoms with van der Waals surface area (Å²) < 4.78 is 0. The number of hydrogen-bond donors (Lipinski definition) is 2. The Labute approximate surface area is 101 Å². The number of urea groups is 1. The molecule has 4 unspecified atom stereocenters. The quantitative estimate of drug-likeness (QED) is 0.784. The molecular formula is C12H20N2O3. The Bertz CT molecular complexity index is 332. The Morgan fingerprint density at radius 1 is 1.47 bits per heavy atom. The van der Waals surface area contributed by atoms with Crippen molar-refractivity contribution in [2.75, 3.05) is 0 Å². The molecule has 0 aromatic heterocycles. The minimum Gasteiger partial charge on any atom is -0.481 e. The number of hydrogen-bond acceptors (Lipinski definition) is 2. The van der Waals surface area contributed by atoms with E-state index in [1.807, 2.05) is 13.8 Å². The highest BCUT2D eigenvalue weighted by Gasteiger charge is 2.51. The average molecular weight is 240 g/mol. The van der Waals surface area contributed by atoms with Crippen LogP contribution in [0.3, 0.4) is 0 Å². The zero-order valence-electron chi connectivity index (χ0n) is 10.3. The number of carbonyl (C=O) groups is 2. The van der Waals surface area contributed by atoms with Gasteiger partial charge in [0.1, 0.15) is 0 Å². The summed E-state index contributed by atoms with van der Waals surface area (Å²) in [5.74, 6) is -1.13. The van der Waals surface area contributed by atoms with E-state index in [9.17, 15) is 9.59 Å². The number of amides is 2. The van der Waals surface area contributed by atoms with Crippen molar-refractivity contribution in [1.29, 1.82) is 0 Å². The predicted molar refractivity (Wildman–Crippen MR) is 62.7 cm³/mol. The molecule has 0 saturated carbocycles. The van der Waals surface area contributed by atoms with Gasteiger partial charge in [0, 0.05) is 18.1 Å². The first kappa shape index (κ1) is 12.2. The predicted octanol–water partition coefficient (Wildman–Crippen LogP) is 1.43. The van der Waals surface area contributed by atoms with E-state index in [1.165, 1.54) is 0 Å². The van der Waals surface area contributed by atoms with Gasteiger partial charge >= 0.3 is 12.0 Å². The monoisotopic (exact) mass is 240 g/mol. The number of carboxylic acids is 1. The summed E-state index contributed by atoms with van der Waals surface area (Å²) in [6.45, 7) is 3.98. The summed E-state index contributed by atoms with van der Waals surface area (Å²) >= 11 is 0. The summed E-state index contributed by atoms with van der Waals surface area (Å²) in [7, 11) is 0. The molecule has 2 saturated heterocycles. The average Bonchev–Trinajstić information content (AvgIpc) is 2.85. The van der Waals surface area contributed by atoms with Crippen molar-refractivity contribution in [1.82, 2.24) is 10.2 Å². The van der Waals surface area contributed by atoms with E-state index in [0.29, 0.717) is 6.42 Å². The van der Waals surface area contributed by atoms with Gasteiger partial charge in [0.25, 0.3) is 0 Å². The lowest BCUT2D eigenvalue weighted by molar-refractivity contribution is -0.142. The topological polar surface area (TPSA) is 69.6 Å². The van der Waals surface area contributed by atoms with E-state index in [4.69, 9.17) is 5.11 Å². The van der Waals surface area contributed by atoms with Crippen LogP contribution in [-0.2, 0) is 4.79 Å². The van der Waals surface area contributed by atoms with Gasteiger partial charge in [-0.05, 0) is 32.6 Å². The number of nitrogens with zero attached hydrogens (tertiary/aromatic N) is 1. The molecule has 0 aromatic carbocycles. The third-order valence-corrected chi connectivity index (χ3v) is 4.07. The first-order valence-electron chi connectivity index (χ1n) is 6.36. The Morgan fingerprint density at radius 3 is 2.71 bits per heavy atom. The molecule has 2 fully saturated rings. The summed E-state index contributed by atoms with van der Waals surface area (Å²) in [4.78, 5) is 24.9. The largest absolute Gasteiger partial charge is 0.481 e. The lowest BCUT2D eigenvalue weighted by Crippen LogP contribution is -2.47. The Kier molecular flexibility index (Phi) is 3.26. The van der Waals surface area contributed by atoms with Gasteiger partial charge in [0.05, 0.1) is 5.92 Å². The molecule has 96 valence electrons. The fraction of sp³-hybridized carbons (Fsp3) is 0.833. The van der Waals surface area contributed by atoms with E-state index < -0.39 is 5.97 Å². The SMILES string of the molecule is CCC(C)NC(=O)N1C2CCC1C(C(=O)O)C2. The first-order valence-corrected chi connectivity index (χ1v) is 6.36. The highest BCUT2D eigenvalue weighted by molar-refractivity contribution is 5.79. The zero-order valence-corrected chi connectivity index (χ0v) is 10.3. The van der Waals surface area contributed by atoms with Crippen LogP contribution in [0.1, 0.15) is 39.5 Å². The highest BCUT2D eigenvalue weighted by Crippen LogP contribution is 2.41. The van der Waals surface area contributed by atoms with E-state index in [0.717, 1.165) is 19.3 Å². The number of rotatable bonds is 3. The minimum absolute atomic E-state index is 0.0874. The molecule has 2 aliphatic rings. The van der Waals surface area contributed by atoms with Gasteiger partial charge in [-0.3, -0.25) is 4.79 Å². The maximum Gasteiger partial charge on any atom is 0.318 e. The van der Waals surface area contributed by atoms with Crippen LogP contribution in [0.25, 0.3) is 0 Å². The maximum atomic E-state index is 12.1. The molecule has 17 heavy (non-hydrogen) atoms. The van der Waals surface area contributed by atoms with Crippen LogP contribution in [0.4, 0.5) is 4.79 Å². The normalized spacial score (nSPS) is 32.6. The van der Waals surface area contributed by atoms with E-state index in [2.05, 4.69) is 5.32 Å². The standard InChI is InChI=1S/C12H20N2O3/c1-3-7(2)13-12(17)14-8-4-5-10(14)9(6-8)11(15)16/h7-10H,3-6H2,1-2H3,(H,13,17)(H,15,16). The van der Waals surface area contributed by atoms with Crippen LogP contribution in [0.15, 0.2) is 0 Å². The van der Waals surface area contributed by atoms with Crippen LogP contribution in [0, 0.1) is 5.92 Å². The Balaban J connectivity index is 2.03. The number of nitrogens with one attached hydrogen (secondary N) is 1. The van der Waals surface area contributed by atoms with E-state index in [-0.39, 0.29) is 30.1 Å². The van der Waals surface area contributed by atoms with Gasteiger partial charge in [-0.2, -0.15) is 0 Å². The van der Waals surface area contributed by atoms with Gasteiger partial charge in [-0.1, -0.05) is 6.92 Å². The highest BCUT2D eigenvalue weighted by atomic mass is 16.4. The zero-order chi connectivity index (χ0) is 12.6. The van der Waals surface area contributed by atoms with Crippen molar-refractivity contribution >= 4 is 12.0 Å². The van der Waals surface area contributed by atoms with Crippen LogP contribution < -0.4 is 5.32 Å². The van der Waals surface area contributed by atoms with Crippen molar-refractivity contribution in [2.24, 2.45) is 5.92 Å². The summed E-state index contributed by atoms with van der Waals surface area (Å²) in [5.41, 5.74) is 0. The Hall–Kier alpha value is -1.26. The number of aliphatic carboxylic acids is 1. The summed E-state index contributed by atoms with van der Waals surface area (Å²) in [5, 5.41) is 12.0. The molecule has 2 bridgehead atoms. The summed E-state index contributed by atoms with van der Waals surface area (Å²) in [6, 6.07) is 0.0908. The van der Waals surface area contributed by atoms with Crippen molar-refractivity contribution in [3.05, 3.63) is 0 Å². The molecule has 0 radical (unpaired) electrons. The van der Waals surface area contributed by atoms with Crippen LogP contribution in [-0.4, -0.2) is 40.1 Å². The fourth-order valence-corrected chi connectivity index (χ4v) is 2.96. The third kappa shape index (κ3) is 2.10. The molecule has 2 heterocycles. The van der Waals surface area contributed by atoms with Gasteiger partial charge < -0.3 is 15.3 Å². The first-order chi connectivity index (χ1) is 8.04. The molecule has 0 aromatic rings. The molecule has 0 spiro atoms. The van der Waals surface area contributed by atoms with Gasteiger partial charge in [0.15, 0.2) is 0 Å². The van der Waals surface area contributed by atoms with Gasteiger partial charge in [-0.25, -0.2) is 4.79 Å². The number of fused-ring (bicyclic) bond motifs is 2. The van der Waals surface area contributed by atoms with Gasteiger partial charge in [0.2, 0.25) is 0 Å². The molecule has 0 aliphatic carbocycles. The lowest BCUT2D eigenvalue weighted by atomic mass is 9.89. The van der Waals surface area contributed by atoms with Gasteiger partial charge in [-0.15, -0.1) is 0 Å². The second-order valence-electron chi connectivity index (χ2n) is 5.15. The van der Waals surface area contributed by atoms with E-state index in [1.54, 1.807) is 4.90 Å². The second-order valence-corrected chi connectivity index (χ2v) is 5.15. The summed E-state index contributed by atoms with van der Waals surface area (Å²) in [6.07, 6.45) is 3.28. The van der Waals surface area contributed by atoms with Crippen molar-refractivity contribution < 1.29 is 14.7 Å². The molecule has 2 aliphatic heterocycles. The lowest BCUT2D eigenvalue weighted by Gasteiger charge is -2.25. The fourth-order valence-electron chi connectivity index (χ4n) is 2.96. The van der Waals surface area contributed by atoms with Crippen LogP contribution in [0.5, 0.6) is 0 Å². The molecule has 2 amide bonds. The van der Waals surface area contributed by atoms with Crippen molar-refractivity contribution in [2.45, 2.75) is 57.7 Å². The molecule has 5 nitrogen and oxygen atoms in total. The third-order valence-electron chi connectivity index (χ3n) is 4.07. The maximum absolute atomic E-state index is 12.1. The van der Waals surface area contributed by atoms with E-state index >= 15 is 0 Å². The molecule has 2 N–H and O–H groups in total. The number of carbonyl (C=O) groups excluding carboxylic acids is 1. The molecule has 2 rings (SSSR count).